The highest BCUT2D eigenvalue weighted by molar-refractivity contribution is 6.61. The van der Waals surface area contributed by atoms with E-state index >= 15 is 0 Å². The molecule has 0 N–H and O–H groups in total. The average molecular weight is 99.9 g/mol. The van der Waals surface area contributed by atoms with Crippen molar-refractivity contribution in [1.82, 2.24) is 0 Å². The topological polar surface area (TPSA) is 26.3 Å². The highest BCUT2D eigenvalue weighted by Gasteiger charge is 2.51. The molecule has 0 bridgehead atoms. The lowest BCUT2D eigenvalue weighted by atomic mass is 9.99. The SMILES string of the molecule is [2H]C1([2H])OC(=O)C2([2H])BC12[2H]. The fraction of sp³-hybridized carbons (Fsp3) is 0.750. The molecule has 2 aliphatic rings. The molecule has 2 rings (SSSR count). The Balaban J connectivity index is 2.45. The van der Waals surface area contributed by atoms with Crippen molar-refractivity contribution in [1.29, 1.82) is 0 Å². The van der Waals surface area contributed by atoms with Gasteiger partial charge in [0.05, 0.1) is 9.30 Å². The van der Waals surface area contributed by atoms with Crippen LogP contribution in [0.25, 0.3) is 0 Å². The van der Waals surface area contributed by atoms with E-state index in [4.69, 9.17) is 5.48 Å². The first kappa shape index (κ1) is 1.50. The molecule has 0 aromatic carbocycles. The molecule has 0 spiro atoms. The lowest BCUT2D eigenvalue weighted by Gasteiger charge is -1.89. The van der Waals surface area contributed by atoms with Gasteiger partial charge in [0.25, 0.3) is 0 Å². The molecule has 2 aliphatic heterocycles. The lowest BCUT2D eigenvalue weighted by Crippen LogP contribution is -1.98. The van der Waals surface area contributed by atoms with Gasteiger partial charge < -0.3 is 4.74 Å². The Morgan fingerprint density at radius 1 is 2.29 bits per heavy atom. The van der Waals surface area contributed by atoms with Crippen molar-refractivity contribution >= 4 is 13.2 Å². The zero-order valence-electron chi connectivity index (χ0n) is 7.52. The van der Waals surface area contributed by atoms with Crippen LogP contribution >= 0.6 is 0 Å². The first-order valence-corrected chi connectivity index (χ1v) is 2.07. The summed E-state index contributed by atoms with van der Waals surface area (Å²) in [5.41, 5.74) is 0. The molecule has 0 radical (unpaired) electrons. The maximum absolute atomic E-state index is 10.8. The highest BCUT2D eigenvalue weighted by atomic mass is 16.5. The van der Waals surface area contributed by atoms with Gasteiger partial charge in [-0.25, -0.2) is 0 Å². The second-order valence-corrected chi connectivity index (χ2v) is 1.63. The number of hydrogen-bond acceptors (Lipinski definition) is 2. The number of cyclic esters (lactones) is 1. The Morgan fingerprint density at radius 2 is 3.14 bits per heavy atom. The Morgan fingerprint density at radius 3 is 3.29 bits per heavy atom. The van der Waals surface area contributed by atoms with E-state index in [0.29, 0.717) is 0 Å². The normalized spacial score (nSPS) is 80.9. The minimum Gasteiger partial charge on any atom is -0.466 e. The average Bonchev–Trinajstić information content (AvgIpc) is 2.33. The molecule has 2 fully saturated rings. The van der Waals surface area contributed by atoms with E-state index in [1.54, 1.807) is 0 Å². The van der Waals surface area contributed by atoms with E-state index in [0.717, 1.165) is 0 Å². The van der Waals surface area contributed by atoms with Crippen LogP contribution in [0.5, 0.6) is 0 Å². The number of esters is 1. The maximum atomic E-state index is 10.8. The van der Waals surface area contributed by atoms with Crippen LogP contribution in [0.3, 0.4) is 0 Å². The molecule has 2 heterocycles. The summed E-state index contributed by atoms with van der Waals surface area (Å²) in [6, 6.07) is 0. The number of rotatable bonds is 0. The third kappa shape index (κ3) is 0.327. The predicted octanol–water partition coefficient (Wildman–Crippen LogP) is -0.430. The van der Waals surface area contributed by atoms with Gasteiger partial charge in [-0.2, -0.15) is 0 Å². The summed E-state index contributed by atoms with van der Waals surface area (Å²) >= 11 is 0. The third-order valence-corrected chi connectivity index (χ3v) is 1.11. The summed E-state index contributed by atoms with van der Waals surface area (Å²) < 4.78 is 33.1. The number of ether oxygens (including phenoxy) is 1. The van der Waals surface area contributed by atoms with Crippen LogP contribution in [0.4, 0.5) is 0 Å². The number of carbonyl (C=O) groups is 1. The van der Waals surface area contributed by atoms with Gasteiger partial charge in [0, 0.05) is 8.53 Å². The Kier molecular flexibility index (Phi) is 0.184. The zero-order chi connectivity index (χ0) is 8.49. The van der Waals surface area contributed by atoms with Crippen LogP contribution in [0.2, 0.25) is 11.6 Å². The van der Waals surface area contributed by atoms with Crippen molar-refractivity contribution < 1.29 is 15.0 Å². The largest absolute Gasteiger partial charge is 0.466 e. The standard InChI is InChI=1S/C4H5BO2/c6-4-3-2(5-3)1-7-4/h2-3,5H,1H2/i1D2,2D,3D. The molecule has 36 valence electrons. The summed E-state index contributed by atoms with van der Waals surface area (Å²) in [7, 11) is -0.0498. The van der Waals surface area contributed by atoms with Crippen molar-refractivity contribution in [2.45, 2.75) is 11.6 Å². The summed E-state index contributed by atoms with van der Waals surface area (Å²) in [5, 5.41) is 0. The lowest BCUT2D eigenvalue weighted by molar-refractivity contribution is -0.137. The van der Waals surface area contributed by atoms with Crippen LogP contribution in [-0.2, 0) is 9.53 Å². The van der Waals surface area contributed by atoms with Crippen molar-refractivity contribution in [3.8, 4) is 0 Å². The first-order chi connectivity index (χ1) is 4.83. The number of carbonyl (C=O) groups excluding carboxylic acids is 1. The molecule has 0 aromatic heterocycles. The second kappa shape index (κ2) is 0.856. The molecule has 0 amide bonds. The predicted molar refractivity (Wildman–Crippen MR) is 25.6 cm³/mol. The van der Waals surface area contributed by atoms with Gasteiger partial charge in [0.15, 0.2) is 0 Å². The minimum atomic E-state index is -2.27. The van der Waals surface area contributed by atoms with Crippen LogP contribution in [-0.4, -0.2) is 19.8 Å². The number of hydrogen-bond donors (Lipinski definition) is 0. The Labute approximate surface area is 47.7 Å². The van der Waals surface area contributed by atoms with Gasteiger partial charge in [-0.15, -0.1) is 0 Å². The Bertz CT molecular complexity index is 256. The monoisotopic (exact) mass is 100 g/mol. The molecule has 2 atom stereocenters. The molecular formula is C4H5BO2. The van der Waals surface area contributed by atoms with E-state index in [1.807, 2.05) is 0 Å². The van der Waals surface area contributed by atoms with E-state index in [-0.39, 0.29) is 7.28 Å². The molecule has 0 aromatic rings. The third-order valence-electron chi connectivity index (χ3n) is 1.11. The molecular weight excluding hydrogens is 90.9 g/mol. The number of fused-ring (bicyclic) bond motifs is 1. The molecule has 2 saturated heterocycles. The van der Waals surface area contributed by atoms with Gasteiger partial charge >= 0.3 is 5.97 Å². The van der Waals surface area contributed by atoms with Crippen molar-refractivity contribution in [3.63, 3.8) is 0 Å². The molecule has 7 heavy (non-hydrogen) atoms. The smallest absolute Gasteiger partial charge is 0.300 e. The quantitative estimate of drug-likeness (QED) is 0.305. The first-order valence-electron chi connectivity index (χ1n) is 4.07. The van der Waals surface area contributed by atoms with Crippen molar-refractivity contribution in [3.05, 3.63) is 0 Å². The fourth-order valence-corrected chi connectivity index (χ4v) is 0.595. The molecule has 0 aliphatic carbocycles. The minimum absolute atomic E-state index is 0.0498. The van der Waals surface area contributed by atoms with E-state index < -0.39 is 24.1 Å². The zero-order valence-corrected chi connectivity index (χ0v) is 3.52. The second-order valence-electron chi connectivity index (χ2n) is 1.63. The van der Waals surface area contributed by atoms with Gasteiger partial charge in [-0.05, 0) is 5.79 Å². The van der Waals surface area contributed by atoms with Crippen LogP contribution < -0.4 is 0 Å². The van der Waals surface area contributed by atoms with E-state index in [2.05, 4.69) is 4.74 Å². The molecule has 2 nitrogen and oxygen atoms in total. The molecule has 0 saturated carbocycles. The highest BCUT2D eigenvalue weighted by Crippen LogP contribution is 2.47. The van der Waals surface area contributed by atoms with E-state index in [9.17, 15) is 4.79 Å². The van der Waals surface area contributed by atoms with Gasteiger partial charge in [0.2, 0.25) is 0 Å². The fourth-order valence-electron chi connectivity index (χ4n) is 0.595. The van der Waals surface area contributed by atoms with Crippen molar-refractivity contribution in [2.24, 2.45) is 0 Å². The summed E-state index contributed by atoms with van der Waals surface area (Å²) in [4.78, 5) is 10.8. The van der Waals surface area contributed by atoms with Gasteiger partial charge in [-0.3, -0.25) is 4.79 Å². The van der Waals surface area contributed by atoms with Gasteiger partial charge in [0.1, 0.15) is 7.28 Å². The Hall–Kier alpha value is -0.465. The summed E-state index contributed by atoms with van der Waals surface area (Å²) in [6.07, 6.45) is 0. The molecule has 3 heteroatoms. The van der Waals surface area contributed by atoms with Gasteiger partial charge in [-0.1, -0.05) is 0 Å². The van der Waals surface area contributed by atoms with Crippen molar-refractivity contribution in [2.75, 3.05) is 6.56 Å². The maximum Gasteiger partial charge on any atom is 0.300 e. The van der Waals surface area contributed by atoms with Crippen LogP contribution in [0.15, 0.2) is 0 Å². The van der Waals surface area contributed by atoms with Crippen LogP contribution in [0.1, 0.15) is 5.48 Å². The summed E-state index contributed by atoms with van der Waals surface area (Å²) in [5.74, 6) is -4.19. The summed E-state index contributed by atoms with van der Waals surface area (Å²) in [6.45, 7) is -2.27. The molecule has 2 unspecified atom stereocenters. The van der Waals surface area contributed by atoms with Crippen LogP contribution in [0, 0.1) is 0 Å². The van der Waals surface area contributed by atoms with E-state index in [1.165, 1.54) is 0 Å².